The Hall–Kier alpha value is -2.04. The molecule has 0 heterocycles. The molecule has 0 aliphatic carbocycles. The molecule has 2 N–H and O–H groups in total. The summed E-state index contributed by atoms with van der Waals surface area (Å²) in [6.45, 7) is 5.78. The van der Waals surface area contributed by atoms with Gasteiger partial charge in [-0.2, -0.15) is 0 Å². The highest BCUT2D eigenvalue weighted by Crippen LogP contribution is 2.12. The number of hydrogen-bond donors (Lipinski definition) is 2. The Labute approximate surface area is 132 Å². The number of benzene rings is 1. The summed E-state index contributed by atoms with van der Waals surface area (Å²) in [7, 11) is 0. The van der Waals surface area contributed by atoms with E-state index in [4.69, 9.17) is 0 Å². The van der Waals surface area contributed by atoms with Crippen molar-refractivity contribution >= 4 is 17.7 Å². The van der Waals surface area contributed by atoms with Gasteiger partial charge in [0.15, 0.2) is 0 Å². The molecule has 5 nitrogen and oxygen atoms in total. The third-order valence-electron chi connectivity index (χ3n) is 3.78. The fourth-order valence-corrected chi connectivity index (χ4v) is 2.11. The molecule has 0 aliphatic rings. The van der Waals surface area contributed by atoms with Crippen molar-refractivity contribution in [2.24, 2.45) is 5.92 Å². The molecule has 0 aliphatic heterocycles. The van der Waals surface area contributed by atoms with Crippen LogP contribution in [0.3, 0.4) is 0 Å². The molecule has 0 saturated heterocycles. The van der Waals surface area contributed by atoms with Crippen LogP contribution in [-0.4, -0.2) is 18.0 Å². The van der Waals surface area contributed by atoms with Crippen molar-refractivity contribution in [3.05, 3.63) is 29.8 Å². The summed E-state index contributed by atoms with van der Waals surface area (Å²) in [5.41, 5.74) is 1.86. The van der Waals surface area contributed by atoms with Crippen LogP contribution in [-0.2, 0) is 11.2 Å². The van der Waals surface area contributed by atoms with E-state index in [2.05, 4.69) is 17.6 Å². The predicted molar refractivity (Wildman–Crippen MR) is 85.5 cm³/mol. The van der Waals surface area contributed by atoms with Gasteiger partial charge in [0.25, 0.3) is 0 Å². The van der Waals surface area contributed by atoms with Crippen LogP contribution in [0.2, 0.25) is 0 Å². The first-order valence-corrected chi connectivity index (χ1v) is 7.85. The molecule has 1 aromatic rings. The van der Waals surface area contributed by atoms with E-state index in [1.165, 1.54) is 5.56 Å². The van der Waals surface area contributed by atoms with Gasteiger partial charge < -0.3 is 20.5 Å². The van der Waals surface area contributed by atoms with Gasteiger partial charge >= 0.3 is 6.03 Å². The molecule has 122 valence electrons. The third kappa shape index (κ3) is 5.76. The fourth-order valence-electron chi connectivity index (χ4n) is 2.11. The molecule has 1 aromatic carbocycles. The number of rotatable bonds is 8. The highest BCUT2D eigenvalue weighted by Gasteiger charge is 2.19. The lowest BCUT2D eigenvalue weighted by Gasteiger charge is -2.25. The SMILES string of the molecule is CCCCc1ccc(NC(=O)N[C@H](C(=O)[O-])[C@@H](C)CC)cc1. The average Bonchev–Trinajstić information content (AvgIpc) is 2.51. The lowest BCUT2D eigenvalue weighted by atomic mass is 9.99. The maximum atomic E-state index is 11.9. The molecular weight excluding hydrogens is 280 g/mol. The van der Waals surface area contributed by atoms with Crippen molar-refractivity contribution < 1.29 is 14.7 Å². The zero-order valence-electron chi connectivity index (χ0n) is 13.5. The topological polar surface area (TPSA) is 81.3 Å². The number of hydrogen-bond acceptors (Lipinski definition) is 3. The Bertz CT molecular complexity index is 485. The van der Waals surface area contributed by atoms with E-state index in [9.17, 15) is 14.7 Å². The average molecular weight is 305 g/mol. The normalized spacial score (nSPS) is 13.2. The molecule has 22 heavy (non-hydrogen) atoms. The van der Waals surface area contributed by atoms with Crippen molar-refractivity contribution in [3.8, 4) is 0 Å². The number of carbonyl (C=O) groups is 2. The molecule has 0 saturated carbocycles. The quantitative estimate of drug-likeness (QED) is 0.773. The van der Waals surface area contributed by atoms with E-state index in [0.717, 1.165) is 19.3 Å². The number of nitrogens with one attached hydrogen (secondary N) is 2. The first-order chi connectivity index (χ1) is 10.5. The second-order valence-corrected chi connectivity index (χ2v) is 5.58. The fraction of sp³-hybridized carbons (Fsp3) is 0.529. The Kier molecular flexibility index (Phi) is 7.43. The molecule has 1 rings (SSSR count). The van der Waals surface area contributed by atoms with Crippen molar-refractivity contribution in [1.29, 1.82) is 0 Å². The van der Waals surface area contributed by atoms with Gasteiger partial charge in [-0.15, -0.1) is 0 Å². The summed E-state index contributed by atoms with van der Waals surface area (Å²) >= 11 is 0. The monoisotopic (exact) mass is 305 g/mol. The van der Waals surface area contributed by atoms with Crippen LogP contribution in [0, 0.1) is 5.92 Å². The number of carbonyl (C=O) groups excluding carboxylic acids is 2. The summed E-state index contributed by atoms with van der Waals surface area (Å²) in [6.07, 6.45) is 3.94. The van der Waals surface area contributed by atoms with E-state index in [1.54, 1.807) is 6.92 Å². The molecule has 2 amide bonds. The number of amides is 2. The van der Waals surface area contributed by atoms with E-state index in [0.29, 0.717) is 12.1 Å². The van der Waals surface area contributed by atoms with Gasteiger partial charge in [0.05, 0.1) is 12.0 Å². The van der Waals surface area contributed by atoms with Gasteiger partial charge in [-0.1, -0.05) is 45.7 Å². The van der Waals surface area contributed by atoms with Crippen LogP contribution < -0.4 is 15.7 Å². The highest BCUT2D eigenvalue weighted by atomic mass is 16.4. The van der Waals surface area contributed by atoms with Gasteiger partial charge in [0.2, 0.25) is 0 Å². The first kappa shape index (κ1) is 18.0. The van der Waals surface area contributed by atoms with Crippen LogP contribution in [0.1, 0.15) is 45.6 Å². The number of urea groups is 1. The van der Waals surface area contributed by atoms with E-state index in [-0.39, 0.29) is 5.92 Å². The number of aryl methyl sites for hydroxylation is 1. The number of unbranched alkanes of at least 4 members (excludes halogenated alkanes) is 1. The maximum absolute atomic E-state index is 11.9. The van der Waals surface area contributed by atoms with Gasteiger partial charge in [0.1, 0.15) is 0 Å². The smallest absolute Gasteiger partial charge is 0.319 e. The molecule has 2 atom stereocenters. The zero-order chi connectivity index (χ0) is 16.5. The Balaban J connectivity index is 2.58. The first-order valence-electron chi connectivity index (χ1n) is 7.85. The van der Waals surface area contributed by atoms with Gasteiger partial charge in [-0.3, -0.25) is 0 Å². The summed E-state index contributed by atoms with van der Waals surface area (Å²) in [5, 5.41) is 16.2. The highest BCUT2D eigenvalue weighted by molar-refractivity contribution is 5.92. The molecule has 0 fully saturated rings. The largest absolute Gasteiger partial charge is 0.548 e. The summed E-state index contributed by atoms with van der Waals surface area (Å²) < 4.78 is 0. The molecule has 0 unspecified atom stereocenters. The van der Waals surface area contributed by atoms with Crippen molar-refractivity contribution in [1.82, 2.24) is 5.32 Å². The maximum Gasteiger partial charge on any atom is 0.319 e. The minimum Gasteiger partial charge on any atom is -0.548 e. The van der Waals surface area contributed by atoms with Crippen LogP contribution in [0.5, 0.6) is 0 Å². The van der Waals surface area contributed by atoms with Crippen molar-refractivity contribution in [2.75, 3.05) is 5.32 Å². The summed E-state index contributed by atoms with van der Waals surface area (Å²) in [4.78, 5) is 23.0. The lowest BCUT2D eigenvalue weighted by Crippen LogP contribution is -2.52. The van der Waals surface area contributed by atoms with E-state index >= 15 is 0 Å². The van der Waals surface area contributed by atoms with Crippen LogP contribution in [0.15, 0.2) is 24.3 Å². The van der Waals surface area contributed by atoms with Gasteiger partial charge in [-0.05, 0) is 36.5 Å². The van der Waals surface area contributed by atoms with Crippen LogP contribution >= 0.6 is 0 Å². The molecule has 0 spiro atoms. The molecule has 5 heteroatoms. The number of aliphatic carboxylic acids is 1. The molecular formula is C17H25N2O3-. The molecule has 0 bridgehead atoms. The molecule has 0 radical (unpaired) electrons. The second-order valence-electron chi connectivity index (χ2n) is 5.58. The van der Waals surface area contributed by atoms with Gasteiger partial charge in [-0.25, -0.2) is 4.79 Å². The number of anilines is 1. The van der Waals surface area contributed by atoms with E-state index < -0.39 is 18.0 Å². The van der Waals surface area contributed by atoms with Crippen molar-refractivity contribution in [3.63, 3.8) is 0 Å². The third-order valence-corrected chi connectivity index (χ3v) is 3.78. The van der Waals surface area contributed by atoms with Crippen LogP contribution in [0.25, 0.3) is 0 Å². The second kappa shape index (κ2) is 9.07. The predicted octanol–water partition coefficient (Wildman–Crippen LogP) is 2.32. The van der Waals surface area contributed by atoms with Crippen molar-refractivity contribution in [2.45, 2.75) is 52.5 Å². The van der Waals surface area contributed by atoms with Gasteiger partial charge in [0, 0.05) is 5.69 Å². The molecule has 0 aromatic heterocycles. The standard InChI is InChI=1S/C17H26N2O3/c1-4-6-7-13-8-10-14(11-9-13)18-17(22)19-15(16(20)21)12(3)5-2/h8-12,15H,4-7H2,1-3H3,(H,20,21)(H2,18,19,22)/p-1/t12-,15-/m0/s1. The number of carboxylic acid groups (broad SMARTS) is 1. The minimum atomic E-state index is -1.26. The Morgan fingerprint density at radius 3 is 2.32 bits per heavy atom. The zero-order valence-corrected chi connectivity index (χ0v) is 13.5. The summed E-state index contributed by atoms with van der Waals surface area (Å²) in [5.74, 6) is -1.45. The van der Waals surface area contributed by atoms with E-state index in [1.807, 2.05) is 31.2 Å². The Morgan fingerprint density at radius 2 is 1.82 bits per heavy atom. The summed E-state index contributed by atoms with van der Waals surface area (Å²) in [6, 6.07) is 6.06. The Morgan fingerprint density at radius 1 is 1.18 bits per heavy atom. The van der Waals surface area contributed by atoms with Crippen LogP contribution in [0.4, 0.5) is 10.5 Å². The lowest BCUT2D eigenvalue weighted by molar-refractivity contribution is -0.309. The number of carboxylic acids is 1. The minimum absolute atomic E-state index is 0.188.